The van der Waals surface area contributed by atoms with Crippen LogP contribution < -0.4 is 5.32 Å². The highest BCUT2D eigenvalue weighted by Crippen LogP contribution is 2.23. The maximum atomic E-state index is 12.3. The normalized spacial score (nSPS) is 12.4. The van der Waals surface area contributed by atoms with Crippen molar-refractivity contribution in [1.29, 1.82) is 0 Å². The molecule has 1 heterocycles. The van der Waals surface area contributed by atoms with Gasteiger partial charge >= 0.3 is 0 Å². The van der Waals surface area contributed by atoms with E-state index in [0.717, 1.165) is 17.0 Å². The van der Waals surface area contributed by atoms with Gasteiger partial charge in [-0.05, 0) is 31.4 Å². The third-order valence-corrected chi connectivity index (χ3v) is 3.93. The van der Waals surface area contributed by atoms with E-state index in [1.54, 1.807) is 17.5 Å². The van der Waals surface area contributed by atoms with Crippen molar-refractivity contribution in [3.05, 3.63) is 52.0 Å². The molecule has 0 fully saturated rings. The molecular formula is C16H20N2OS. The zero-order valence-electron chi connectivity index (χ0n) is 12.1. The van der Waals surface area contributed by atoms with Gasteiger partial charge in [-0.2, -0.15) is 0 Å². The number of aryl methyl sites for hydroxylation is 1. The Morgan fingerprint density at radius 2 is 2.20 bits per heavy atom. The fourth-order valence-corrected chi connectivity index (χ4v) is 2.83. The molecule has 0 aliphatic rings. The van der Waals surface area contributed by atoms with E-state index in [1.165, 1.54) is 0 Å². The van der Waals surface area contributed by atoms with Gasteiger partial charge in [0.15, 0.2) is 0 Å². The van der Waals surface area contributed by atoms with E-state index in [1.807, 2.05) is 36.6 Å². The van der Waals surface area contributed by atoms with Crippen LogP contribution in [0.5, 0.6) is 0 Å². The van der Waals surface area contributed by atoms with Crippen LogP contribution in [0.2, 0.25) is 0 Å². The predicted octanol–water partition coefficient (Wildman–Crippen LogP) is 3.97. The van der Waals surface area contributed by atoms with Crippen LogP contribution in [0.15, 0.2) is 35.8 Å². The third-order valence-electron chi connectivity index (χ3n) is 3.04. The van der Waals surface area contributed by atoms with Gasteiger partial charge in [0, 0.05) is 17.1 Å². The Hall–Kier alpha value is -1.68. The van der Waals surface area contributed by atoms with Crippen LogP contribution in [0, 0.1) is 12.8 Å². The molecule has 0 saturated carbocycles. The van der Waals surface area contributed by atoms with Gasteiger partial charge in [0.05, 0.1) is 6.04 Å². The molecule has 1 unspecified atom stereocenters. The minimum Gasteiger partial charge on any atom is -0.343 e. The lowest BCUT2D eigenvalue weighted by Gasteiger charge is -2.18. The molecule has 0 radical (unpaired) electrons. The van der Waals surface area contributed by atoms with E-state index in [2.05, 4.69) is 24.1 Å². The summed E-state index contributed by atoms with van der Waals surface area (Å²) in [7, 11) is 0. The van der Waals surface area contributed by atoms with E-state index in [0.29, 0.717) is 11.5 Å². The highest BCUT2D eigenvalue weighted by Gasteiger charge is 2.19. The molecular weight excluding hydrogens is 268 g/mol. The Morgan fingerprint density at radius 1 is 1.40 bits per heavy atom. The number of benzene rings is 1. The summed E-state index contributed by atoms with van der Waals surface area (Å²) < 4.78 is 0. The van der Waals surface area contributed by atoms with Crippen molar-refractivity contribution >= 4 is 17.2 Å². The standard InChI is InChI=1S/C16H20N2OS/c1-11(2)9-14(16-17-7-8-20-16)18-15(19)13-6-4-5-12(3)10-13/h4-8,10-11,14H,9H2,1-3H3,(H,18,19). The zero-order chi connectivity index (χ0) is 14.5. The van der Waals surface area contributed by atoms with Crippen LogP contribution in [-0.2, 0) is 0 Å². The maximum Gasteiger partial charge on any atom is 0.251 e. The van der Waals surface area contributed by atoms with Gasteiger partial charge in [0.25, 0.3) is 5.91 Å². The molecule has 0 spiro atoms. The molecule has 2 aromatic rings. The summed E-state index contributed by atoms with van der Waals surface area (Å²) in [5, 5.41) is 6.02. The van der Waals surface area contributed by atoms with Gasteiger partial charge in [-0.3, -0.25) is 4.79 Å². The zero-order valence-corrected chi connectivity index (χ0v) is 12.9. The average molecular weight is 288 g/mol. The molecule has 1 N–H and O–H groups in total. The second-order valence-corrected chi connectivity index (χ2v) is 6.32. The van der Waals surface area contributed by atoms with E-state index in [4.69, 9.17) is 0 Å². The number of carbonyl (C=O) groups excluding carboxylic acids is 1. The fourth-order valence-electron chi connectivity index (χ4n) is 2.13. The number of aromatic nitrogens is 1. The molecule has 106 valence electrons. The highest BCUT2D eigenvalue weighted by atomic mass is 32.1. The monoisotopic (exact) mass is 288 g/mol. The lowest BCUT2D eigenvalue weighted by molar-refractivity contribution is 0.0932. The molecule has 4 heteroatoms. The molecule has 1 atom stereocenters. The summed E-state index contributed by atoms with van der Waals surface area (Å²) in [6, 6.07) is 7.64. The van der Waals surface area contributed by atoms with E-state index < -0.39 is 0 Å². The van der Waals surface area contributed by atoms with Gasteiger partial charge in [-0.1, -0.05) is 31.5 Å². The van der Waals surface area contributed by atoms with Crippen molar-refractivity contribution in [2.45, 2.75) is 33.2 Å². The number of nitrogens with zero attached hydrogens (tertiary/aromatic N) is 1. The number of nitrogens with one attached hydrogen (secondary N) is 1. The fraction of sp³-hybridized carbons (Fsp3) is 0.375. The molecule has 0 bridgehead atoms. The highest BCUT2D eigenvalue weighted by molar-refractivity contribution is 7.09. The number of hydrogen-bond acceptors (Lipinski definition) is 3. The quantitative estimate of drug-likeness (QED) is 0.904. The second kappa shape index (κ2) is 6.66. The van der Waals surface area contributed by atoms with E-state index in [-0.39, 0.29) is 11.9 Å². The van der Waals surface area contributed by atoms with Crippen molar-refractivity contribution in [3.8, 4) is 0 Å². The first-order valence-corrected chi connectivity index (χ1v) is 7.71. The number of rotatable bonds is 5. The molecule has 1 amide bonds. The largest absolute Gasteiger partial charge is 0.343 e. The Bertz CT molecular complexity index is 564. The van der Waals surface area contributed by atoms with Crippen LogP contribution in [-0.4, -0.2) is 10.9 Å². The third kappa shape index (κ3) is 3.90. The van der Waals surface area contributed by atoms with Crippen molar-refractivity contribution in [1.82, 2.24) is 10.3 Å². The van der Waals surface area contributed by atoms with Crippen LogP contribution >= 0.6 is 11.3 Å². The lowest BCUT2D eigenvalue weighted by atomic mass is 10.0. The smallest absolute Gasteiger partial charge is 0.251 e. The minimum atomic E-state index is -0.0328. The van der Waals surface area contributed by atoms with Gasteiger partial charge < -0.3 is 5.32 Å². The minimum absolute atomic E-state index is 0.0111. The van der Waals surface area contributed by atoms with Crippen LogP contribution in [0.25, 0.3) is 0 Å². The summed E-state index contributed by atoms with van der Waals surface area (Å²) in [5.74, 6) is 0.469. The van der Waals surface area contributed by atoms with Gasteiger partial charge in [0.2, 0.25) is 0 Å². The summed E-state index contributed by atoms with van der Waals surface area (Å²) in [6.07, 6.45) is 2.68. The molecule has 0 saturated heterocycles. The first-order chi connectivity index (χ1) is 9.56. The van der Waals surface area contributed by atoms with E-state index >= 15 is 0 Å². The van der Waals surface area contributed by atoms with Crippen molar-refractivity contribution in [3.63, 3.8) is 0 Å². The number of thiazole rings is 1. The van der Waals surface area contributed by atoms with Gasteiger partial charge in [-0.25, -0.2) is 4.98 Å². The van der Waals surface area contributed by atoms with Gasteiger partial charge in [-0.15, -0.1) is 11.3 Å². The number of amides is 1. The summed E-state index contributed by atoms with van der Waals surface area (Å²) >= 11 is 1.59. The number of hydrogen-bond donors (Lipinski definition) is 1. The molecule has 1 aromatic carbocycles. The van der Waals surface area contributed by atoms with Crippen molar-refractivity contribution < 1.29 is 4.79 Å². The van der Waals surface area contributed by atoms with E-state index in [9.17, 15) is 4.79 Å². The topological polar surface area (TPSA) is 42.0 Å². The Kier molecular flexibility index (Phi) is 4.90. The first kappa shape index (κ1) is 14.7. The summed E-state index contributed by atoms with van der Waals surface area (Å²) in [5.41, 5.74) is 1.79. The van der Waals surface area contributed by atoms with Crippen LogP contribution in [0.4, 0.5) is 0 Å². The second-order valence-electron chi connectivity index (χ2n) is 5.40. The molecule has 0 aliphatic heterocycles. The van der Waals surface area contributed by atoms with Crippen molar-refractivity contribution in [2.24, 2.45) is 5.92 Å². The molecule has 20 heavy (non-hydrogen) atoms. The first-order valence-electron chi connectivity index (χ1n) is 6.83. The Morgan fingerprint density at radius 3 is 2.80 bits per heavy atom. The maximum absolute atomic E-state index is 12.3. The SMILES string of the molecule is Cc1cccc(C(=O)NC(CC(C)C)c2nccs2)c1. The lowest BCUT2D eigenvalue weighted by Crippen LogP contribution is -2.29. The van der Waals surface area contributed by atoms with Gasteiger partial charge in [0.1, 0.15) is 5.01 Å². The summed E-state index contributed by atoms with van der Waals surface area (Å²) in [4.78, 5) is 16.7. The predicted molar refractivity (Wildman–Crippen MR) is 83.0 cm³/mol. The van der Waals surface area contributed by atoms with Crippen LogP contribution in [0.1, 0.15) is 47.2 Å². The Labute approximate surface area is 124 Å². The Balaban J connectivity index is 2.13. The molecule has 3 nitrogen and oxygen atoms in total. The molecule has 0 aliphatic carbocycles. The van der Waals surface area contributed by atoms with Crippen LogP contribution in [0.3, 0.4) is 0 Å². The summed E-state index contributed by atoms with van der Waals surface area (Å²) in [6.45, 7) is 6.29. The molecule has 1 aromatic heterocycles. The molecule has 2 rings (SSSR count). The average Bonchev–Trinajstić information content (AvgIpc) is 2.91. The number of carbonyl (C=O) groups is 1. The van der Waals surface area contributed by atoms with Crippen molar-refractivity contribution in [2.75, 3.05) is 0 Å².